The minimum Gasteiger partial charge on any atom is -0.368 e. The van der Waals surface area contributed by atoms with E-state index in [4.69, 9.17) is 11.5 Å². The predicted octanol–water partition coefficient (Wildman–Crippen LogP) is -0.649. The average molecular weight is 201 g/mol. The fourth-order valence-corrected chi connectivity index (χ4v) is 1.12. The van der Waals surface area contributed by atoms with Gasteiger partial charge in [0.2, 0.25) is 11.8 Å². The van der Waals surface area contributed by atoms with Gasteiger partial charge >= 0.3 is 0 Å². The number of rotatable bonds is 6. The summed E-state index contributed by atoms with van der Waals surface area (Å²) in [5, 5.41) is 2.56. The van der Waals surface area contributed by atoms with Crippen LogP contribution in [0.1, 0.15) is 26.7 Å². The van der Waals surface area contributed by atoms with Crippen LogP contribution < -0.4 is 16.8 Å². The largest absolute Gasteiger partial charge is 0.368 e. The highest BCUT2D eigenvalue weighted by molar-refractivity contribution is 5.86. The zero-order valence-corrected chi connectivity index (χ0v) is 8.75. The molecule has 5 N–H and O–H groups in total. The van der Waals surface area contributed by atoms with E-state index in [-0.39, 0.29) is 18.9 Å². The molecule has 5 nitrogen and oxygen atoms in total. The van der Waals surface area contributed by atoms with E-state index in [9.17, 15) is 9.59 Å². The topological polar surface area (TPSA) is 98.2 Å². The first kappa shape index (κ1) is 12.9. The van der Waals surface area contributed by atoms with Crippen molar-refractivity contribution in [1.82, 2.24) is 5.32 Å². The molecule has 0 radical (unpaired) electrons. The first-order valence-corrected chi connectivity index (χ1v) is 4.76. The van der Waals surface area contributed by atoms with E-state index in [1.165, 1.54) is 0 Å². The van der Waals surface area contributed by atoms with E-state index < -0.39 is 11.9 Å². The molecule has 0 saturated carbocycles. The van der Waals surface area contributed by atoms with Crippen LogP contribution in [0.4, 0.5) is 0 Å². The average Bonchev–Trinajstić information content (AvgIpc) is 2.02. The molecule has 1 atom stereocenters. The number of amides is 2. The molecule has 2 amide bonds. The van der Waals surface area contributed by atoms with Crippen molar-refractivity contribution in [2.45, 2.75) is 32.7 Å². The zero-order valence-electron chi connectivity index (χ0n) is 8.75. The SMILES string of the molecule is CC(C)C[C@H](NC(=O)CCN)C(N)=O. The maximum absolute atomic E-state index is 11.1. The third-order valence-electron chi connectivity index (χ3n) is 1.76. The lowest BCUT2D eigenvalue weighted by Crippen LogP contribution is -2.45. The first-order chi connectivity index (χ1) is 6.47. The number of hydrogen-bond acceptors (Lipinski definition) is 3. The Labute approximate surface area is 84.2 Å². The summed E-state index contributed by atoms with van der Waals surface area (Å²) in [6, 6.07) is -0.575. The molecule has 0 aliphatic heterocycles. The molecule has 0 fully saturated rings. The van der Waals surface area contributed by atoms with Crippen LogP contribution >= 0.6 is 0 Å². The van der Waals surface area contributed by atoms with Crippen molar-refractivity contribution in [2.75, 3.05) is 6.54 Å². The molecule has 0 aromatic carbocycles. The lowest BCUT2D eigenvalue weighted by Gasteiger charge is -2.16. The molecule has 0 saturated heterocycles. The zero-order chi connectivity index (χ0) is 11.1. The molecule has 0 aromatic rings. The molecule has 14 heavy (non-hydrogen) atoms. The molecular weight excluding hydrogens is 182 g/mol. The van der Waals surface area contributed by atoms with E-state index in [2.05, 4.69) is 5.32 Å². The second kappa shape index (κ2) is 6.37. The number of primary amides is 1. The molecule has 0 aliphatic rings. The summed E-state index contributed by atoms with van der Waals surface area (Å²) in [5.74, 6) is -0.410. The van der Waals surface area contributed by atoms with Gasteiger partial charge in [0.15, 0.2) is 0 Å². The quantitative estimate of drug-likeness (QED) is 0.532. The van der Waals surface area contributed by atoms with Gasteiger partial charge in [-0.3, -0.25) is 9.59 Å². The van der Waals surface area contributed by atoms with Gasteiger partial charge in [-0.05, 0) is 12.3 Å². The summed E-state index contributed by atoms with van der Waals surface area (Å²) in [6.45, 7) is 4.20. The van der Waals surface area contributed by atoms with Crippen molar-refractivity contribution < 1.29 is 9.59 Å². The Morgan fingerprint density at radius 1 is 1.36 bits per heavy atom. The standard InChI is InChI=1S/C9H19N3O2/c1-6(2)5-7(9(11)14)12-8(13)3-4-10/h6-7H,3-5,10H2,1-2H3,(H2,11,14)(H,12,13)/t7-/m0/s1. The Kier molecular flexibility index (Phi) is 5.87. The van der Waals surface area contributed by atoms with Crippen LogP contribution in [-0.4, -0.2) is 24.4 Å². The van der Waals surface area contributed by atoms with Gasteiger partial charge in [0, 0.05) is 13.0 Å². The fraction of sp³-hybridized carbons (Fsp3) is 0.778. The fourth-order valence-electron chi connectivity index (χ4n) is 1.12. The number of carbonyl (C=O) groups excluding carboxylic acids is 2. The van der Waals surface area contributed by atoms with Gasteiger partial charge in [0.25, 0.3) is 0 Å². The predicted molar refractivity (Wildman–Crippen MR) is 54.3 cm³/mol. The molecule has 0 spiro atoms. The summed E-state index contributed by atoms with van der Waals surface area (Å²) in [6.07, 6.45) is 0.785. The summed E-state index contributed by atoms with van der Waals surface area (Å²) in [4.78, 5) is 22.1. The van der Waals surface area contributed by atoms with Crippen LogP contribution in [0.25, 0.3) is 0 Å². The highest BCUT2D eigenvalue weighted by Crippen LogP contribution is 2.04. The first-order valence-electron chi connectivity index (χ1n) is 4.76. The number of nitrogens with two attached hydrogens (primary N) is 2. The molecule has 0 aliphatic carbocycles. The van der Waals surface area contributed by atoms with Crippen molar-refractivity contribution in [1.29, 1.82) is 0 Å². The van der Waals surface area contributed by atoms with Crippen LogP contribution in [0, 0.1) is 5.92 Å². The van der Waals surface area contributed by atoms with Gasteiger partial charge in [0.05, 0.1) is 0 Å². The Balaban J connectivity index is 4.09. The second-order valence-corrected chi connectivity index (χ2v) is 3.69. The summed E-state index contributed by atoms with van der Waals surface area (Å²) < 4.78 is 0. The molecular formula is C9H19N3O2. The van der Waals surface area contributed by atoms with Crippen molar-refractivity contribution in [2.24, 2.45) is 17.4 Å². The van der Waals surface area contributed by atoms with Crippen LogP contribution in [0.15, 0.2) is 0 Å². The minimum absolute atomic E-state index is 0.224. The van der Waals surface area contributed by atoms with Crippen molar-refractivity contribution in [3.63, 3.8) is 0 Å². The van der Waals surface area contributed by atoms with Gasteiger partial charge in [-0.2, -0.15) is 0 Å². The van der Waals surface area contributed by atoms with E-state index in [0.29, 0.717) is 12.3 Å². The van der Waals surface area contributed by atoms with Crippen LogP contribution in [-0.2, 0) is 9.59 Å². The molecule has 0 heterocycles. The van der Waals surface area contributed by atoms with Gasteiger partial charge < -0.3 is 16.8 Å². The van der Waals surface area contributed by atoms with E-state index >= 15 is 0 Å². The monoisotopic (exact) mass is 201 g/mol. The van der Waals surface area contributed by atoms with Crippen molar-refractivity contribution >= 4 is 11.8 Å². The van der Waals surface area contributed by atoms with E-state index in [1.807, 2.05) is 13.8 Å². The molecule has 0 rings (SSSR count). The number of nitrogens with one attached hydrogen (secondary N) is 1. The van der Waals surface area contributed by atoms with Crippen molar-refractivity contribution in [3.05, 3.63) is 0 Å². The smallest absolute Gasteiger partial charge is 0.240 e. The van der Waals surface area contributed by atoms with Gasteiger partial charge in [-0.1, -0.05) is 13.8 Å². The highest BCUT2D eigenvalue weighted by Gasteiger charge is 2.18. The molecule has 5 heteroatoms. The van der Waals surface area contributed by atoms with Crippen molar-refractivity contribution in [3.8, 4) is 0 Å². The van der Waals surface area contributed by atoms with Crippen LogP contribution in [0.5, 0.6) is 0 Å². The van der Waals surface area contributed by atoms with Gasteiger partial charge in [-0.25, -0.2) is 0 Å². The Hall–Kier alpha value is -1.10. The normalized spacial score (nSPS) is 12.6. The van der Waals surface area contributed by atoms with Gasteiger partial charge in [0.1, 0.15) is 6.04 Å². The lowest BCUT2D eigenvalue weighted by molar-refractivity contribution is -0.127. The Morgan fingerprint density at radius 3 is 2.29 bits per heavy atom. The summed E-state index contributed by atoms with van der Waals surface area (Å²) in [7, 11) is 0. The maximum Gasteiger partial charge on any atom is 0.240 e. The molecule has 0 bridgehead atoms. The third-order valence-corrected chi connectivity index (χ3v) is 1.76. The van der Waals surface area contributed by atoms with E-state index in [1.54, 1.807) is 0 Å². The lowest BCUT2D eigenvalue weighted by atomic mass is 10.0. The van der Waals surface area contributed by atoms with Crippen LogP contribution in [0.2, 0.25) is 0 Å². The summed E-state index contributed by atoms with van der Waals surface area (Å²) >= 11 is 0. The summed E-state index contributed by atoms with van der Waals surface area (Å²) in [5.41, 5.74) is 10.4. The highest BCUT2D eigenvalue weighted by atomic mass is 16.2. The van der Waals surface area contributed by atoms with Crippen LogP contribution in [0.3, 0.4) is 0 Å². The molecule has 0 unspecified atom stereocenters. The molecule has 82 valence electrons. The number of carbonyl (C=O) groups is 2. The van der Waals surface area contributed by atoms with E-state index in [0.717, 1.165) is 0 Å². The number of hydrogen-bond donors (Lipinski definition) is 3. The Morgan fingerprint density at radius 2 is 1.93 bits per heavy atom. The third kappa shape index (κ3) is 5.53. The molecule has 0 aromatic heterocycles. The maximum atomic E-state index is 11.1. The second-order valence-electron chi connectivity index (χ2n) is 3.69. The Bertz CT molecular complexity index is 204. The minimum atomic E-state index is -0.575. The van der Waals surface area contributed by atoms with Gasteiger partial charge in [-0.15, -0.1) is 0 Å².